The Morgan fingerprint density at radius 3 is 2.29 bits per heavy atom. The predicted octanol–water partition coefficient (Wildman–Crippen LogP) is 5.17. The molecule has 1 N–H and O–H groups in total. The molecule has 2 fully saturated rings. The number of anilines is 2. The van der Waals surface area contributed by atoms with E-state index in [0.29, 0.717) is 24.2 Å². The van der Waals surface area contributed by atoms with Crippen molar-refractivity contribution >= 4 is 35.1 Å². The Kier molecular flexibility index (Phi) is 7.09. The first-order chi connectivity index (χ1) is 18.3. The number of fused-ring (bicyclic) bond motifs is 1. The highest BCUT2D eigenvalue weighted by atomic mass is 16.5. The summed E-state index contributed by atoms with van der Waals surface area (Å²) >= 11 is 0. The maximum Gasteiger partial charge on any atom is 0.338 e. The van der Waals surface area contributed by atoms with Gasteiger partial charge in [-0.15, -0.1) is 0 Å². The second-order valence-corrected chi connectivity index (χ2v) is 10.1. The van der Waals surface area contributed by atoms with Gasteiger partial charge in [-0.05, 0) is 92.1 Å². The van der Waals surface area contributed by atoms with Crippen LogP contribution in [0.5, 0.6) is 0 Å². The molecule has 3 aromatic carbocycles. The number of aryl methyl sites for hydroxylation is 2. The third kappa shape index (κ3) is 5.09. The average molecular weight is 511 g/mol. The van der Waals surface area contributed by atoms with E-state index in [1.165, 1.54) is 22.6 Å². The molecule has 7 heteroatoms. The van der Waals surface area contributed by atoms with Gasteiger partial charge in [-0.25, -0.2) is 4.79 Å². The van der Waals surface area contributed by atoms with Gasteiger partial charge in [0, 0.05) is 5.69 Å². The van der Waals surface area contributed by atoms with Crippen molar-refractivity contribution in [3.05, 3.63) is 95.1 Å². The van der Waals surface area contributed by atoms with E-state index in [1.807, 2.05) is 44.2 Å². The lowest BCUT2D eigenvalue weighted by Gasteiger charge is -2.28. The quantitative estimate of drug-likeness (QED) is 0.365. The second kappa shape index (κ2) is 10.6. The Morgan fingerprint density at radius 2 is 1.58 bits per heavy atom. The molecule has 0 spiro atoms. The van der Waals surface area contributed by atoms with E-state index in [9.17, 15) is 19.2 Å². The average Bonchev–Trinajstić information content (AvgIpc) is 3.19. The Hall–Kier alpha value is -4.26. The van der Waals surface area contributed by atoms with E-state index in [2.05, 4.69) is 17.4 Å². The van der Waals surface area contributed by atoms with Crippen LogP contribution in [0.4, 0.5) is 11.4 Å². The van der Waals surface area contributed by atoms with Crippen LogP contribution in [-0.4, -0.2) is 30.3 Å². The predicted molar refractivity (Wildman–Crippen MR) is 144 cm³/mol. The molecular formula is C31H30N2O5. The lowest BCUT2D eigenvalue weighted by molar-refractivity contribution is -0.122. The van der Waals surface area contributed by atoms with E-state index < -0.39 is 18.5 Å². The van der Waals surface area contributed by atoms with Gasteiger partial charge in [0.2, 0.25) is 11.8 Å². The Labute approximate surface area is 221 Å². The largest absolute Gasteiger partial charge is 0.452 e. The van der Waals surface area contributed by atoms with Crippen LogP contribution in [0.1, 0.15) is 52.2 Å². The highest BCUT2D eigenvalue weighted by Gasteiger charge is 2.50. The van der Waals surface area contributed by atoms with Crippen molar-refractivity contribution in [2.24, 2.45) is 11.8 Å². The zero-order valence-corrected chi connectivity index (χ0v) is 21.5. The van der Waals surface area contributed by atoms with Crippen molar-refractivity contribution in [3.8, 4) is 0 Å². The van der Waals surface area contributed by atoms with Gasteiger partial charge in [0.15, 0.2) is 6.61 Å². The highest BCUT2D eigenvalue weighted by Crippen LogP contribution is 2.45. The lowest BCUT2D eigenvalue weighted by atomic mass is 9.73. The minimum atomic E-state index is -0.662. The number of hydrogen-bond acceptors (Lipinski definition) is 5. The fourth-order valence-corrected chi connectivity index (χ4v) is 5.44. The number of nitrogens with one attached hydrogen (secondary N) is 1. The van der Waals surface area contributed by atoms with Gasteiger partial charge < -0.3 is 10.1 Å². The molecule has 5 rings (SSSR count). The number of esters is 1. The van der Waals surface area contributed by atoms with E-state index in [4.69, 9.17) is 4.74 Å². The van der Waals surface area contributed by atoms with Gasteiger partial charge in [0.1, 0.15) is 0 Å². The summed E-state index contributed by atoms with van der Waals surface area (Å²) < 4.78 is 5.16. The third-order valence-electron chi connectivity index (χ3n) is 7.68. The Balaban J connectivity index is 1.19. The van der Waals surface area contributed by atoms with Gasteiger partial charge >= 0.3 is 5.97 Å². The van der Waals surface area contributed by atoms with E-state index in [0.717, 1.165) is 17.5 Å². The first-order valence-corrected chi connectivity index (χ1v) is 12.9. The number of hydrogen-bond donors (Lipinski definition) is 1. The van der Waals surface area contributed by atoms with E-state index >= 15 is 0 Å². The molecule has 1 heterocycles. The van der Waals surface area contributed by atoms with E-state index in [1.54, 1.807) is 18.2 Å². The van der Waals surface area contributed by atoms with Crippen LogP contribution < -0.4 is 10.2 Å². The van der Waals surface area contributed by atoms with Crippen molar-refractivity contribution in [2.75, 3.05) is 16.8 Å². The molecule has 0 bridgehead atoms. The molecule has 38 heavy (non-hydrogen) atoms. The van der Waals surface area contributed by atoms with Gasteiger partial charge in [-0.2, -0.15) is 0 Å². The van der Waals surface area contributed by atoms with Crippen LogP contribution in [0.3, 0.4) is 0 Å². The van der Waals surface area contributed by atoms with Crippen molar-refractivity contribution in [3.63, 3.8) is 0 Å². The topological polar surface area (TPSA) is 92.8 Å². The number of imide groups is 1. The van der Waals surface area contributed by atoms with Crippen molar-refractivity contribution in [1.82, 2.24) is 0 Å². The molecule has 3 aromatic rings. The summed E-state index contributed by atoms with van der Waals surface area (Å²) in [5, 5.41) is 2.71. The zero-order valence-electron chi connectivity index (χ0n) is 21.5. The van der Waals surface area contributed by atoms with Gasteiger partial charge in [-0.1, -0.05) is 36.4 Å². The van der Waals surface area contributed by atoms with Crippen LogP contribution in [0.2, 0.25) is 0 Å². The van der Waals surface area contributed by atoms with Gasteiger partial charge in [0.05, 0.1) is 23.1 Å². The standard InChI is InChI=1S/C31H30N2O5/c1-19-8-12-24(16-20(19)2)32-28(34)18-38-31(37)22-9-13-25(14-10-22)33-29(35)26-15-11-23(17-27(26)30(33)36)21-6-4-3-5-7-21/h3-10,12-14,16,23,26-27H,11,15,17-18H2,1-2H3,(H,32,34)/t23-,26-,27-/m1/s1. The summed E-state index contributed by atoms with van der Waals surface area (Å²) in [5.41, 5.74) is 4.67. The number of benzene rings is 3. The van der Waals surface area contributed by atoms with Crippen molar-refractivity contribution < 1.29 is 23.9 Å². The van der Waals surface area contributed by atoms with Crippen molar-refractivity contribution in [1.29, 1.82) is 0 Å². The lowest BCUT2D eigenvalue weighted by Crippen LogP contribution is -2.30. The molecule has 0 unspecified atom stereocenters. The second-order valence-electron chi connectivity index (χ2n) is 10.1. The van der Waals surface area contributed by atoms with Crippen molar-refractivity contribution in [2.45, 2.75) is 39.0 Å². The number of ether oxygens (including phenoxy) is 1. The minimum Gasteiger partial charge on any atom is -0.452 e. The Bertz CT molecular complexity index is 1380. The molecule has 3 atom stereocenters. The molecule has 7 nitrogen and oxygen atoms in total. The fourth-order valence-electron chi connectivity index (χ4n) is 5.44. The number of carbonyl (C=O) groups is 4. The number of nitrogens with zero attached hydrogens (tertiary/aromatic N) is 1. The summed E-state index contributed by atoms with van der Waals surface area (Å²) in [5.74, 6) is -1.83. The third-order valence-corrected chi connectivity index (χ3v) is 7.68. The maximum atomic E-state index is 13.3. The van der Waals surface area contributed by atoms with Crippen LogP contribution >= 0.6 is 0 Å². The maximum absolute atomic E-state index is 13.3. The fraction of sp³-hybridized carbons (Fsp3) is 0.290. The SMILES string of the molecule is Cc1ccc(NC(=O)COC(=O)c2ccc(N3C(=O)[C@@H]4CC[C@@H](c5ccccc5)C[C@H]4C3=O)cc2)cc1C. The van der Waals surface area contributed by atoms with Crippen LogP contribution in [-0.2, 0) is 19.1 Å². The molecular weight excluding hydrogens is 480 g/mol. The molecule has 0 radical (unpaired) electrons. The summed E-state index contributed by atoms with van der Waals surface area (Å²) in [6, 6.07) is 21.9. The highest BCUT2D eigenvalue weighted by molar-refractivity contribution is 6.22. The first-order valence-electron chi connectivity index (χ1n) is 12.9. The summed E-state index contributed by atoms with van der Waals surface area (Å²) in [4.78, 5) is 52.4. The molecule has 194 valence electrons. The Morgan fingerprint density at radius 1 is 0.868 bits per heavy atom. The molecule has 0 aromatic heterocycles. The number of carbonyl (C=O) groups excluding carboxylic acids is 4. The summed E-state index contributed by atoms with van der Waals surface area (Å²) in [7, 11) is 0. The van der Waals surface area contributed by atoms with Crippen LogP contribution in [0.15, 0.2) is 72.8 Å². The molecule has 1 saturated heterocycles. The monoisotopic (exact) mass is 510 g/mol. The first kappa shape index (κ1) is 25.4. The molecule has 2 aliphatic rings. The number of rotatable bonds is 6. The molecule has 3 amide bonds. The van der Waals surface area contributed by atoms with E-state index in [-0.39, 0.29) is 35.1 Å². The zero-order chi connectivity index (χ0) is 26.8. The summed E-state index contributed by atoms with van der Waals surface area (Å²) in [6.07, 6.45) is 2.21. The smallest absolute Gasteiger partial charge is 0.338 e. The van der Waals surface area contributed by atoms with Gasteiger partial charge in [-0.3, -0.25) is 19.3 Å². The van der Waals surface area contributed by atoms with Gasteiger partial charge in [0.25, 0.3) is 5.91 Å². The van der Waals surface area contributed by atoms with Crippen LogP contribution in [0.25, 0.3) is 0 Å². The number of amides is 3. The molecule has 1 aliphatic carbocycles. The normalized spacial score (nSPS) is 20.7. The van der Waals surface area contributed by atoms with Crippen LogP contribution in [0, 0.1) is 25.7 Å². The summed E-state index contributed by atoms with van der Waals surface area (Å²) in [6.45, 7) is 3.51. The molecule has 1 saturated carbocycles. The minimum absolute atomic E-state index is 0.176. The molecule has 1 aliphatic heterocycles.